The Balaban J connectivity index is 0.00000289. The molecule has 0 unspecified atom stereocenters. The standard InChI is InChI=1S/C25H21NO7S.Na.H/c1-14-7-6-8-15(2)22(14)26-23(25(27)28)21(17-9-4-5-10-20(17)34(26,29)30)16-11-18(31-3)24-19(12-16)32-13-33-24;;/h4-12H,13H2,1-3H3,(H,27,28);;. The van der Waals surface area contributed by atoms with Crippen LogP contribution >= 0.6 is 0 Å². The Labute approximate surface area is 225 Å². The van der Waals surface area contributed by atoms with Gasteiger partial charge in [0, 0.05) is 11.1 Å². The number of hydrogen-bond donors (Lipinski definition) is 1. The number of benzene rings is 3. The van der Waals surface area contributed by atoms with E-state index in [2.05, 4.69) is 0 Å². The molecule has 2 aliphatic heterocycles. The molecule has 1 N–H and O–H groups in total. The third kappa shape index (κ3) is 3.88. The number of aliphatic carboxylic acids is 1. The zero-order valence-electron chi connectivity index (χ0n) is 18.7. The summed E-state index contributed by atoms with van der Waals surface area (Å²) in [5.74, 6) is -0.234. The first kappa shape index (κ1) is 25.1. The summed E-state index contributed by atoms with van der Waals surface area (Å²) in [6.07, 6.45) is 0. The average Bonchev–Trinajstić information content (AvgIpc) is 3.28. The molecular formula is C25H22NNaO7S. The molecule has 0 aliphatic carbocycles. The quantitative estimate of drug-likeness (QED) is 0.544. The van der Waals surface area contributed by atoms with Crippen molar-refractivity contribution in [3.05, 3.63) is 82.5 Å². The van der Waals surface area contributed by atoms with E-state index >= 15 is 0 Å². The molecule has 8 nitrogen and oxygen atoms in total. The van der Waals surface area contributed by atoms with Gasteiger partial charge in [-0.1, -0.05) is 36.4 Å². The van der Waals surface area contributed by atoms with Crippen molar-refractivity contribution in [3.8, 4) is 17.2 Å². The van der Waals surface area contributed by atoms with Crippen LogP contribution in [0.25, 0.3) is 5.57 Å². The van der Waals surface area contributed by atoms with Gasteiger partial charge in [-0.15, -0.1) is 0 Å². The fourth-order valence-corrected chi connectivity index (χ4v) is 6.30. The summed E-state index contributed by atoms with van der Waals surface area (Å²) in [5, 5.41) is 10.4. The topological polar surface area (TPSA) is 102 Å². The number of carbonyl (C=O) groups is 1. The van der Waals surface area contributed by atoms with Gasteiger partial charge in [-0.3, -0.25) is 0 Å². The summed E-state index contributed by atoms with van der Waals surface area (Å²) in [7, 11) is -2.77. The third-order valence-electron chi connectivity index (χ3n) is 5.91. The summed E-state index contributed by atoms with van der Waals surface area (Å²) < 4.78 is 45.2. The summed E-state index contributed by atoms with van der Waals surface area (Å²) in [6.45, 7) is 3.50. The second kappa shape index (κ2) is 9.23. The first-order valence-corrected chi connectivity index (χ1v) is 11.9. The Bertz CT molecular complexity index is 1480. The second-order valence-corrected chi connectivity index (χ2v) is 9.70. The van der Waals surface area contributed by atoms with Crippen LogP contribution in [-0.4, -0.2) is 63.0 Å². The van der Waals surface area contributed by atoms with Gasteiger partial charge in [0.25, 0.3) is 10.0 Å². The van der Waals surface area contributed by atoms with Gasteiger partial charge in [-0.2, -0.15) is 0 Å². The van der Waals surface area contributed by atoms with Crippen molar-refractivity contribution in [2.24, 2.45) is 0 Å². The van der Waals surface area contributed by atoms with Gasteiger partial charge in [0.05, 0.1) is 17.7 Å². The number of fused-ring (bicyclic) bond motifs is 2. The fraction of sp³-hybridized carbons (Fsp3) is 0.160. The summed E-state index contributed by atoms with van der Waals surface area (Å²) in [4.78, 5) is 12.8. The number of sulfonamides is 1. The van der Waals surface area contributed by atoms with Crippen LogP contribution in [0.4, 0.5) is 5.69 Å². The summed E-state index contributed by atoms with van der Waals surface area (Å²) in [5.41, 5.74) is 2.13. The number of nitrogens with zero attached hydrogens (tertiary/aromatic N) is 1. The van der Waals surface area contributed by atoms with E-state index in [1.165, 1.54) is 13.2 Å². The molecule has 0 atom stereocenters. The van der Waals surface area contributed by atoms with Crippen LogP contribution in [0.2, 0.25) is 0 Å². The number of ether oxygens (including phenoxy) is 3. The Morgan fingerprint density at radius 1 is 1.03 bits per heavy atom. The summed E-state index contributed by atoms with van der Waals surface area (Å²) in [6, 6.07) is 14.9. The molecule has 0 aromatic heterocycles. The maximum absolute atomic E-state index is 13.9. The molecule has 0 saturated carbocycles. The van der Waals surface area contributed by atoms with Crippen LogP contribution in [0.15, 0.2) is 65.2 Å². The fourth-order valence-electron chi connectivity index (χ4n) is 4.46. The van der Waals surface area contributed by atoms with Crippen LogP contribution in [0.3, 0.4) is 0 Å². The van der Waals surface area contributed by atoms with Crippen molar-refractivity contribution < 1.29 is 32.5 Å². The minimum absolute atomic E-state index is 0. The number of rotatable bonds is 4. The van der Waals surface area contributed by atoms with E-state index < -0.39 is 16.0 Å². The molecule has 35 heavy (non-hydrogen) atoms. The predicted molar refractivity (Wildman–Crippen MR) is 132 cm³/mol. The van der Waals surface area contributed by atoms with Crippen molar-refractivity contribution in [3.63, 3.8) is 0 Å². The van der Waals surface area contributed by atoms with Crippen LogP contribution in [0.5, 0.6) is 17.2 Å². The normalized spacial score (nSPS) is 15.3. The molecule has 0 fully saturated rings. The monoisotopic (exact) mass is 503 g/mol. The van der Waals surface area contributed by atoms with Crippen molar-refractivity contribution in [1.29, 1.82) is 0 Å². The Hall–Kier alpha value is -2.98. The number of anilines is 1. The third-order valence-corrected chi connectivity index (χ3v) is 7.66. The second-order valence-electron chi connectivity index (χ2n) is 7.95. The molecule has 5 rings (SSSR count). The molecule has 0 bridgehead atoms. The zero-order chi connectivity index (χ0) is 24.2. The van der Waals surface area contributed by atoms with Gasteiger partial charge in [-0.05, 0) is 48.7 Å². The molecule has 0 saturated heterocycles. The predicted octanol–water partition coefficient (Wildman–Crippen LogP) is 3.45. The van der Waals surface area contributed by atoms with Gasteiger partial charge in [0.2, 0.25) is 12.5 Å². The van der Waals surface area contributed by atoms with Crippen molar-refractivity contribution >= 4 is 56.8 Å². The van der Waals surface area contributed by atoms with Gasteiger partial charge in [-0.25, -0.2) is 17.5 Å². The van der Waals surface area contributed by atoms with Crippen molar-refractivity contribution in [2.45, 2.75) is 18.7 Å². The molecule has 0 amide bonds. The molecule has 3 aromatic carbocycles. The maximum atomic E-state index is 13.9. The van der Waals surface area contributed by atoms with Crippen LogP contribution in [0, 0.1) is 13.8 Å². The van der Waals surface area contributed by atoms with Crippen LogP contribution < -0.4 is 18.5 Å². The van der Waals surface area contributed by atoms with Gasteiger partial charge >= 0.3 is 35.5 Å². The minimum atomic E-state index is -4.24. The Kier molecular flexibility index (Phi) is 6.63. The average molecular weight is 504 g/mol. The van der Waals surface area contributed by atoms with Crippen molar-refractivity contribution in [2.75, 3.05) is 18.2 Å². The van der Waals surface area contributed by atoms with Crippen LogP contribution in [-0.2, 0) is 14.8 Å². The number of hydrogen-bond acceptors (Lipinski definition) is 6. The summed E-state index contributed by atoms with van der Waals surface area (Å²) >= 11 is 0. The Morgan fingerprint density at radius 3 is 2.37 bits per heavy atom. The molecule has 2 aliphatic rings. The number of carboxylic acid groups (broad SMARTS) is 1. The molecule has 0 spiro atoms. The first-order valence-electron chi connectivity index (χ1n) is 10.4. The van der Waals surface area contributed by atoms with E-state index in [0.29, 0.717) is 39.6 Å². The molecule has 3 aromatic rings. The SMILES string of the molecule is COc1cc(C2=C(C(=O)O)N(c3c(C)cccc3C)S(=O)(=O)c3ccccc32)cc2c1OCO2.[NaH]. The van der Waals surface area contributed by atoms with E-state index in [4.69, 9.17) is 14.2 Å². The van der Waals surface area contributed by atoms with E-state index in [0.717, 1.165) is 4.31 Å². The first-order chi connectivity index (χ1) is 16.3. The van der Waals surface area contributed by atoms with Gasteiger partial charge in [0.15, 0.2) is 17.2 Å². The number of para-hydroxylation sites is 1. The van der Waals surface area contributed by atoms with E-state index in [1.807, 2.05) is 0 Å². The Morgan fingerprint density at radius 2 is 1.71 bits per heavy atom. The molecular weight excluding hydrogens is 481 g/mol. The molecule has 176 valence electrons. The molecule has 10 heteroatoms. The number of aryl methyl sites for hydroxylation is 2. The van der Waals surface area contributed by atoms with Crippen LogP contribution in [0.1, 0.15) is 22.3 Å². The van der Waals surface area contributed by atoms with E-state index in [9.17, 15) is 18.3 Å². The number of methoxy groups -OCH3 is 1. The number of carboxylic acids is 1. The van der Waals surface area contributed by atoms with Crippen molar-refractivity contribution in [1.82, 2.24) is 0 Å². The molecule has 0 radical (unpaired) electrons. The molecule has 2 heterocycles. The van der Waals surface area contributed by atoms with E-state index in [1.54, 1.807) is 62.4 Å². The zero-order valence-corrected chi connectivity index (χ0v) is 19.5. The van der Waals surface area contributed by atoms with Gasteiger partial charge < -0.3 is 19.3 Å². The van der Waals surface area contributed by atoms with E-state index in [-0.39, 0.29) is 58.1 Å². The van der Waals surface area contributed by atoms with Gasteiger partial charge in [0.1, 0.15) is 0 Å².